The summed E-state index contributed by atoms with van der Waals surface area (Å²) in [4.78, 5) is 0.716. The second-order valence-electron chi connectivity index (χ2n) is 4.52. The number of thioether (sulfide) groups is 1. The molecule has 1 saturated heterocycles. The predicted octanol–water partition coefficient (Wildman–Crippen LogP) is 2.89. The highest BCUT2D eigenvalue weighted by Gasteiger charge is 2.13. The molecule has 1 fully saturated rings. The third-order valence-corrected chi connectivity index (χ3v) is 4.28. The first-order valence-electron chi connectivity index (χ1n) is 6.14. The molecule has 1 aliphatic heterocycles. The normalized spacial score (nSPS) is 17.2. The summed E-state index contributed by atoms with van der Waals surface area (Å²) in [5.74, 6) is 1.60. The van der Waals surface area contributed by atoms with Gasteiger partial charge in [-0.2, -0.15) is 0 Å². The van der Waals surface area contributed by atoms with Gasteiger partial charge >= 0.3 is 0 Å². The highest BCUT2D eigenvalue weighted by molar-refractivity contribution is 7.99. The Hall–Kier alpha value is -0.740. The average Bonchev–Trinajstić information content (AvgIpc) is 2.33. The fourth-order valence-electron chi connectivity index (χ4n) is 2.14. The van der Waals surface area contributed by atoms with Crippen LogP contribution in [0.3, 0.4) is 0 Å². The zero-order valence-electron chi connectivity index (χ0n) is 9.92. The van der Waals surface area contributed by atoms with Crippen LogP contribution in [0.25, 0.3) is 0 Å². The van der Waals surface area contributed by atoms with Crippen molar-refractivity contribution in [1.29, 1.82) is 0 Å². The summed E-state index contributed by atoms with van der Waals surface area (Å²) in [6.45, 7) is 2.26. The quantitative estimate of drug-likeness (QED) is 0.641. The Morgan fingerprint density at radius 2 is 2.12 bits per heavy atom. The van der Waals surface area contributed by atoms with Gasteiger partial charge in [0.2, 0.25) is 0 Å². The van der Waals surface area contributed by atoms with Gasteiger partial charge in [0, 0.05) is 10.6 Å². The van der Waals surface area contributed by atoms with Gasteiger partial charge in [0.25, 0.3) is 0 Å². The molecule has 1 aromatic carbocycles. The third-order valence-electron chi connectivity index (χ3n) is 3.20. The Morgan fingerprint density at radius 1 is 1.35 bits per heavy atom. The molecule has 2 nitrogen and oxygen atoms in total. The van der Waals surface area contributed by atoms with E-state index in [1.54, 1.807) is 23.9 Å². The molecule has 0 aliphatic carbocycles. The van der Waals surface area contributed by atoms with Crippen molar-refractivity contribution in [2.24, 2.45) is 5.92 Å². The van der Waals surface area contributed by atoms with Gasteiger partial charge in [-0.15, -0.1) is 11.8 Å². The number of nitrogen functional groups attached to an aromatic ring is 1. The lowest BCUT2D eigenvalue weighted by molar-refractivity contribution is 0.367. The summed E-state index contributed by atoms with van der Waals surface area (Å²) >= 11 is 1.60. The van der Waals surface area contributed by atoms with Gasteiger partial charge < -0.3 is 11.1 Å². The summed E-state index contributed by atoms with van der Waals surface area (Å²) in [6, 6.07) is 4.93. The number of piperidine rings is 1. The Kier molecular flexibility index (Phi) is 4.68. The lowest BCUT2D eigenvalue weighted by atomic mass is 9.96. The standard InChI is InChI=1S/C13H19FN2S/c14-12-9-11(15)1-2-13(12)17-8-5-10-3-6-16-7-4-10/h1-2,9-10,16H,3-8,15H2. The van der Waals surface area contributed by atoms with Gasteiger partial charge in [0.05, 0.1) is 0 Å². The lowest BCUT2D eigenvalue weighted by Crippen LogP contribution is -2.27. The van der Waals surface area contributed by atoms with E-state index < -0.39 is 0 Å². The molecule has 94 valence electrons. The largest absolute Gasteiger partial charge is 0.399 e. The average molecular weight is 254 g/mol. The Morgan fingerprint density at radius 3 is 2.82 bits per heavy atom. The van der Waals surface area contributed by atoms with Crippen molar-refractivity contribution in [3.8, 4) is 0 Å². The molecule has 0 unspecified atom stereocenters. The lowest BCUT2D eigenvalue weighted by Gasteiger charge is -2.22. The van der Waals surface area contributed by atoms with E-state index in [1.807, 2.05) is 0 Å². The van der Waals surface area contributed by atoms with Gasteiger partial charge in [-0.25, -0.2) is 4.39 Å². The van der Waals surface area contributed by atoms with Crippen LogP contribution >= 0.6 is 11.8 Å². The van der Waals surface area contributed by atoms with Crippen molar-refractivity contribution in [2.75, 3.05) is 24.6 Å². The van der Waals surface area contributed by atoms with Crippen molar-refractivity contribution >= 4 is 17.4 Å². The van der Waals surface area contributed by atoms with Crippen LogP contribution in [-0.2, 0) is 0 Å². The van der Waals surface area contributed by atoms with Gasteiger partial charge in [0.1, 0.15) is 5.82 Å². The number of nitrogens with one attached hydrogen (secondary N) is 1. The molecule has 0 aromatic heterocycles. The smallest absolute Gasteiger partial charge is 0.138 e. The molecule has 0 saturated carbocycles. The number of rotatable bonds is 4. The maximum Gasteiger partial charge on any atom is 0.138 e. The Bertz CT molecular complexity index is 364. The second kappa shape index (κ2) is 6.26. The van der Waals surface area contributed by atoms with E-state index in [1.165, 1.54) is 25.3 Å². The van der Waals surface area contributed by atoms with Crippen LogP contribution in [0.1, 0.15) is 19.3 Å². The molecule has 3 N–H and O–H groups in total. The van der Waals surface area contributed by atoms with E-state index in [-0.39, 0.29) is 5.82 Å². The van der Waals surface area contributed by atoms with E-state index in [9.17, 15) is 4.39 Å². The Balaban J connectivity index is 1.77. The van der Waals surface area contributed by atoms with Crippen LogP contribution in [0.15, 0.2) is 23.1 Å². The van der Waals surface area contributed by atoms with Crippen LogP contribution in [0.4, 0.5) is 10.1 Å². The van der Waals surface area contributed by atoms with Crippen LogP contribution in [0, 0.1) is 11.7 Å². The molecule has 0 spiro atoms. The van der Waals surface area contributed by atoms with Crippen LogP contribution < -0.4 is 11.1 Å². The van der Waals surface area contributed by atoms with Gasteiger partial charge in [-0.1, -0.05) is 0 Å². The highest BCUT2D eigenvalue weighted by Crippen LogP contribution is 2.26. The number of anilines is 1. The minimum absolute atomic E-state index is 0.194. The first-order valence-corrected chi connectivity index (χ1v) is 7.13. The molecule has 1 aliphatic rings. The summed E-state index contributed by atoms with van der Waals surface area (Å²) < 4.78 is 13.5. The SMILES string of the molecule is Nc1ccc(SCCC2CCNCC2)c(F)c1. The first kappa shape index (κ1) is 12.7. The summed E-state index contributed by atoms with van der Waals surface area (Å²) in [6.07, 6.45) is 3.69. The predicted molar refractivity (Wildman–Crippen MR) is 71.7 cm³/mol. The molecular weight excluding hydrogens is 235 g/mol. The maximum atomic E-state index is 13.5. The van der Waals surface area contributed by atoms with Crippen molar-refractivity contribution in [3.05, 3.63) is 24.0 Å². The number of halogens is 1. The molecule has 0 atom stereocenters. The maximum absolute atomic E-state index is 13.5. The monoisotopic (exact) mass is 254 g/mol. The topological polar surface area (TPSA) is 38.0 Å². The number of benzene rings is 1. The molecule has 0 radical (unpaired) electrons. The molecule has 0 bridgehead atoms. The minimum Gasteiger partial charge on any atom is -0.399 e. The Labute approximate surface area is 106 Å². The summed E-state index contributed by atoms with van der Waals surface area (Å²) in [5, 5.41) is 3.36. The van der Waals surface area contributed by atoms with Gasteiger partial charge in [-0.05, 0) is 62.2 Å². The number of hydrogen-bond acceptors (Lipinski definition) is 3. The first-order chi connectivity index (χ1) is 8.25. The number of nitrogens with two attached hydrogens (primary N) is 1. The van der Waals surface area contributed by atoms with Crippen LogP contribution in [0.2, 0.25) is 0 Å². The van der Waals surface area contributed by atoms with E-state index in [4.69, 9.17) is 5.73 Å². The fraction of sp³-hybridized carbons (Fsp3) is 0.538. The van der Waals surface area contributed by atoms with Gasteiger partial charge in [0.15, 0.2) is 0 Å². The van der Waals surface area contributed by atoms with Crippen LogP contribution in [-0.4, -0.2) is 18.8 Å². The molecule has 1 heterocycles. The number of hydrogen-bond donors (Lipinski definition) is 2. The zero-order valence-corrected chi connectivity index (χ0v) is 10.7. The minimum atomic E-state index is -0.194. The molecule has 4 heteroatoms. The van der Waals surface area contributed by atoms with E-state index >= 15 is 0 Å². The zero-order chi connectivity index (χ0) is 12.1. The van der Waals surface area contributed by atoms with E-state index in [0.717, 1.165) is 24.8 Å². The summed E-state index contributed by atoms with van der Waals surface area (Å²) in [7, 11) is 0. The summed E-state index contributed by atoms with van der Waals surface area (Å²) in [5.41, 5.74) is 6.01. The van der Waals surface area contributed by atoms with Gasteiger partial charge in [-0.3, -0.25) is 0 Å². The second-order valence-corrected chi connectivity index (χ2v) is 5.66. The van der Waals surface area contributed by atoms with Crippen LogP contribution in [0.5, 0.6) is 0 Å². The van der Waals surface area contributed by atoms with E-state index in [0.29, 0.717) is 10.6 Å². The molecule has 1 aromatic rings. The van der Waals surface area contributed by atoms with Crippen molar-refractivity contribution in [2.45, 2.75) is 24.2 Å². The molecule has 2 rings (SSSR count). The van der Waals surface area contributed by atoms with E-state index in [2.05, 4.69) is 5.32 Å². The molecule has 17 heavy (non-hydrogen) atoms. The van der Waals surface area contributed by atoms with Crippen molar-refractivity contribution in [1.82, 2.24) is 5.32 Å². The third kappa shape index (κ3) is 3.89. The highest BCUT2D eigenvalue weighted by atomic mass is 32.2. The van der Waals surface area contributed by atoms with Crippen molar-refractivity contribution in [3.63, 3.8) is 0 Å². The fourth-order valence-corrected chi connectivity index (χ4v) is 3.17. The molecular formula is C13H19FN2S. The van der Waals surface area contributed by atoms with Crippen molar-refractivity contribution < 1.29 is 4.39 Å². The molecule has 0 amide bonds.